The van der Waals surface area contributed by atoms with E-state index in [2.05, 4.69) is 11.1 Å². The van der Waals surface area contributed by atoms with Crippen LogP contribution >= 0.6 is 23.1 Å². The first-order valence-corrected chi connectivity index (χ1v) is 12.0. The molecular formula is C23H26N2O3S2. The molecule has 1 aliphatic rings. The van der Waals surface area contributed by atoms with Crippen molar-refractivity contribution in [1.29, 1.82) is 0 Å². The highest BCUT2D eigenvalue weighted by Gasteiger charge is 2.31. The normalized spacial score (nSPS) is 16.2. The van der Waals surface area contributed by atoms with E-state index in [1.54, 1.807) is 37.3 Å². The van der Waals surface area contributed by atoms with Crippen molar-refractivity contribution in [3.63, 3.8) is 0 Å². The van der Waals surface area contributed by atoms with Crippen molar-refractivity contribution in [2.45, 2.75) is 36.1 Å². The van der Waals surface area contributed by atoms with E-state index in [4.69, 9.17) is 9.47 Å². The molecule has 0 unspecified atom stereocenters. The molecule has 30 heavy (non-hydrogen) atoms. The Morgan fingerprint density at radius 1 is 1.23 bits per heavy atom. The molecule has 2 aromatic carbocycles. The van der Waals surface area contributed by atoms with Gasteiger partial charge in [-0.15, -0.1) is 11.3 Å². The predicted octanol–water partition coefficient (Wildman–Crippen LogP) is 5.55. The minimum atomic E-state index is 0.0551. The van der Waals surface area contributed by atoms with Crippen LogP contribution in [0.15, 0.2) is 46.8 Å². The van der Waals surface area contributed by atoms with E-state index in [0.717, 1.165) is 58.5 Å². The number of amides is 1. The summed E-state index contributed by atoms with van der Waals surface area (Å²) in [5, 5.41) is 0. The number of benzene rings is 2. The lowest BCUT2D eigenvalue weighted by atomic mass is 10.0. The third kappa shape index (κ3) is 4.57. The van der Waals surface area contributed by atoms with Crippen molar-refractivity contribution in [1.82, 2.24) is 9.88 Å². The van der Waals surface area contributed by atoms with E-state index in [1.165, 1.54) is 4.70 Å². The molecule has 2 heterocycles. The second kappa shape index (κ2) is 9.71. The maximum atomic E-state index is 13.0. The van der Waals surface area contributed by atoms with Crippen LogP contribution < -0.4 is 9.47 Å². The molecule has 0 spiro atoms. The molecule has 1 fully saturated rings. The van der Waals surface area contributed by atoms with E-state index in [9.17, 15) is 4.79 Å². The van der Waals surface area contributed by atoms with Gasteiger partial charge in [-0.1, -0.05) is 23.9 Å². The Kier molecular flexibility index (Phi) is 6.79. The molecule has 0 aliphatic carbocycles. The monoisotopic (exact) mass is 442 g/mol. The van der Waals surface area contributed by atoms with Crippen molar-refractivity contribution in [2.75, 3.05) is 26.5 Å². The topological polar surface area (TPSA) is 51.7 Å². The Hall–Kier alpha value is -2.25. The van der Waals surface area contributed by atoms with Gasteiger partial charge in [0.25, 0.3) is 0 Å². The smallest absolute Gasteiger partial charge is 0.223 e. The summed E-state index contributed by atoms with van der Waals surface area (Å²) in [5.41, 5.74) is 2.08. The molecule has 7 heteroatoms. The quantitative estimate of drug-likeness (QED) is 0.338. The number of aromatic nitrogens is 1. The summed E-state index contributed by atoms with van der Waals surface area (Å²) in [7, 11) is 3.33. The highest BCUT2D eigenvalue weighted by Crippen LogP contribution is 2.39. The van der Waals surface area contributed by atoms with E-state index >= 15 is 0 Å². The van der Waals surface area contributed by atoms with Gasteiger partial charge < -0.3 is 14.4 Å². The zero-order chi connectivity index (χ0) is 20.9. The van der Waals surface area contributed by atoms with Gasteiger partial charge in [-0.2, -0.15) is 0 Å². The number of para-hydroxylation sites is 1. The van der Waals surface area contributed by atoms with Gasteiger partial charge in [-0.25, -0.2) is 4.98 Å². The van der Waals surface area contributed by atoms with Crippen LogP contribution in [-0.2, 0) is 4.79 Å². The number of ether oxygens (including phenoxy) is 2. The number of thiazole rings is 1. The standard InChI is InChI=1S/C23H26N2O3S2/c1-27-16-11-12-20(28-2)17(15-16)19-8-5-13-25(19)22(26)10-6-14-29-23-24-18-7-3-4-9-21(18)30-23/h3-4,7,9,11-12,15,19H,5-6,8,10,13-14H2,1-2H3/t19-/m1/s1. The second-order valence-corrected chi connectivity index (χ2v) is 9.63. The number of hydrogen-bond acceptors (Lipinski definition) is 6. The molecule has 1 aromatic heterocycles. The van der Waals surface area contributed by atoms with Crippen LogP contribution in [0.5, 0.6) is 11.5 Å². The molecule has 158 valence electrons. The molecule has 4 rings (SSSR count). The Labute approximate surface area is 185 Å². The molecule has 0 bridgehead atoms. The predicted molar refractivity (Wildman–Crippen MR) is 123 cm³/mol. The molecule has 0 saturated carbocycles. The fourth-order valence-corrected chi connectivity index (χ4v) is 6.01. The highest BCUT2D eigenvalue weighted by molar-refractivity contribution is 8.01. The zero-order valence-electron chi connectivity index (χ0n) is 17.3. The largest absolute Gasteiger partial charge is 0.497 e. The third-order valence-corrected chi connectivity index (χ3v) is 7.67. The molecule has 1 saturated heterocycles. The van der Waals surface area contributed by atoms with Gasteiger partial charge in [0.05, 0.1) is 30.5 Å². The summed E-state index contributed by atoms with van der Waals surface area (Å²) in [6.07, 6.45) is 3.37. The van der Waals surface area contributed by atoms with Crippen molar-refractivity contribution < 1.29 is 14.3 Å². The van der Waals surface area contributed by atoms with Crippen LogP contribution in [0.2, 0.25) is 0 Å². The summed E-state index contributed by atoms with van der Waals surface area (Å²) in [6, 6.07) is 14.1. The number of carbonyl (C=O) groups is 1. The molecule has 5 nitrogen and oxygen atoms in total. The molecule has 1 aliphatic heterocycles. The number of thioether (sulfide) groups is 1. The van der Waals surface area contributed by atoms with Gasteiger partial charge in [-0.05, 0) is 49.6 Å². The average Bonchev–Trinajstić information content (AvgIpc) is 3.43. The van der Waals surface area contributed by atoms with E-state index in [0.29, 0.717) is 6.42 Å². The molecule has 0 radical (unpaired) electrons. The fourth-order valence-electron chi connectivity index (χ4n) is 3.93. The van der Waals surface area contributed by atoms with E-state index < -0.39 is 0 Å². The van der Waals surface area contributed by atoms with Crippen LogP contribution in [0.25, 0.3) is 10.2 Å². The van der Waals surface area contributed by atoms with Gasteiger partial charge in [-0.3, -0.25) is 4.79 Å². The van der Waals surface area contributed by atoms with Gasteiger partial charge in [0.1, 0.15) is 11.5 Å². The van der Waals surface area contributed by atoms with Gasteiger partial charge in [0.15, 0.2) is 4.34 Å². The summed E-state index contributed by atoms with van der Waals surface area (Å²) in [4.78, 5) is 19.6. The van der Waals surface area contributed by atoms with E-state index in [-0.39, 0.29) is 11.9 Å². The molecule has 1 atom stereocenters. The van der Waals surface area contributed by atoms with E-state index in [1.807, 2.05) is 41.3 Å². The Morgan fingerprint density at radius 2 is 2.10 bits per heavy atom. The van der Waals surface area contributed by atoms with Crippen LogP contribution in [0, 0.1) is 0 Å². The van der Waals surface area contributed by atoms with Gasteiger partial charge in [0.2, 0.25) is 5.91 Å². The van der Waals surface area contributed by atoms with Crippen molar-refractivity contribution in [2.24, 2.45) is 0 Å². The number of fused-ring (bicyclic) bond motifs is 1. The highest BCUT2D eigenvalue weighted by atomic mass is 32.2. The molecule has 0 N–H and O–H groups in total. The van der Waals surface area contributed by atoms with Crippen molar-refractivity contribution in [3.8, 4) is 11.5 Å². The number of nitrogens with zero attached hydrogens (tertiary/aromatic N) is 2. The SMILES string of the molecule is COc1ccc(OC)c([C@H]2CCCN2C(=O)CCCSc2nc3ccccc3s2)c1. The third-order valence-electron chi connectivity index (χ3n) is 5.40. The molecular weight excluding hydrogens is 416 g/mol. The van der Waals surface area contributed by atoms with Gasteiger partial charge >= 0.3 is 0 Å². The number of rotatable bonds is 8. The summed E-state index contributed by atoms with van der Waals surface area (Å²) in [5.74, 6) is 2.71. The summed E-state index contributed by atoms with van der Waals surface area (Å²) >= 11 is 3.46. The molecule has 3 aromatic rings. The Bertz CT molecular complexity index is 988. The number of hydrogen-bond donors (Lipinski definition) is 0. The lowest BCUT2D eigenvalue weighted by Crippen LogP contribution is -2.30. The minimum absolute atomic E-state index is 0.0551. The average molecular weight is 443 g/mol. The first-order chi connectivity index (χ1) is 14.7. The maximum Gasteiger partial charge on any atom is 0.223 e. The van der Waals surface area contributed by atoms with Crippen LogP contribution in [0.4, 0.5) is 0 Å². The first kappa shape index (κ1) is 21.0. The summed E-state index contributed by atoms with van der Waals surface area (Å²) in [6.45, 7) is 0.800. The molecule has 1 amide bonds. The lowest BCUT2D eigenvalue weighted by molar-refractivity contribution is -0.132. The van der Waals surface area contributed by atoms with Crippen molar-refractivity contribution >= 4 is 39.2 Å². The second-order valence-electron chi connectivity index (χ2n) is 7.25. The van der Waals surface area contributed by atoms with Crippen LogP contribution in [0.3, 0.4) is 0 Å². The number of carbonyl (C=O) groups excluding carboxylic acids is 1. The Balaban J connectivity index is 1.34. The zero-order valence-corrected chi connectivity index (χ0v) is 18.9. The Morgan fingerprint density at radius 3 is 2.90 bits per heavy atom. The number of likely N-dealkylation sites (tertiary alicyclic amines) is 1. The van der Waals surface area contributed by atoms with Crippen LogP contribution in [-0.4, -0.2) is 42.3 Å². The summed E-state index contributed by atoms with van der Waals surface area (Å²) < 4.78 is 13.2. The number of methoxy groups -OCH3 is 2. The maximum absolute atomic E-state index is 13.0. The van der Waals surface area contributed by atoms with Crippen molar-refractivity contribution in [3.05, 3.63) is 48.0 Å². The first-order valence-electron chi connectivity index (χ1n) is 10.2. The fraction of sp³-hybridized carbons (Fsp3) is 0.391. The van der Waals surface area contributed by atoms with Gasteiger partial charge in [0, 0.05) is 24.3 Å². The van der Waals surface area contributed by atoms with Crippen LogP contribution in [0.1, 0.15) is 37.3 Å². The lowest BCUT2D eigenvalue weighted by Gasteiger charge is -2.26. The minimum Gasteiger partial charge on any atom is -0.497 e.